The smallest absolute Gasteiger partial charge is 0.0561 e. The molecule has 1 unspecified atom stereocenters. The third-order valence-electron chi connectivity index (χ3n) is 3.56. The Morgan fingerprint density at radius 2 is 1.84 bits per heavy atom. The Bertz CT molecular complexity index is 551. The van der Waals surface area contributed by atoms with Gasteiger partial charge in [-0.2, -0.15) is 0 Å². The Morgan fingerprint density at radius 1 is 1.21 bits per heavy atom. The van der Waals surface area contributed by atoms with E-state index in [9.17, 15) is 0 Å². The van der Waals surface area contributed by atoms with E-state index in [1.807, 2.05) is 13.1 Å². The van der Waals surface area contributed by atoms with Gasteiger partial charge in [-0.3, -0.25) is 0 Å². The summed E-state index contributed by atoms with van der Waals surface area (Å²) in [5.41, 5.74) is 5.49. The maximum Gasteiger partial charge on any atom is 0.0561 e. The number of likely N-dealkylation sites (N-methyl/N-ethyl adjacent to an activating group) is 1. The third-order valence-corrected chi connectivity index (χ3v) is 5.03. The molecule has 2 rings (SSSR count). The second-order valence-corrected chi connectivity index (χ2v) is 6.41. The first-order valence-electron chi connectivity index (χ1n) is 6.49. The molecule has 3 heteroatoms. The van der Waals surface area contributed by atoms with Crippen molar-refractivity contribution >= 4 is 22.9 Å². The minimum atomic E-state index is 0.285. The second-order valence-electron chi connectivity index (χ2n) is 5.06. The van der Waals surface area contributed by atoms with Gasteiger partial charge in [0.2, 0.25) is 0 Å². The zero-order chi connectivity index (χ0) is 14.0. The average Bonchev–Trinajstić information content (AvgIpc) is 2.75. The van der Waals surface area contributed by atoms with Gasteiger partial charge in [0, 0.05) is 10.9 Å². The summed E-state index contributed by atoms with van der Waals surface area (Å²) in [6.45, 7) is 6.53. The van der Waals surface area contributed by atoms with Crippen molar-refractivity contribution in [3.63, 3.8) is 0 Å². The van der Waals surface area contributed by atoms with Crippen LogP contribution in [0, 0.1) is 20.8 Å². The molecule has 0 fully saturated rings. The molecular weight excluding hydrogens is 274 g/mol. The van der Waals surface area contributed by atoms with Crippen LogP contribution in [0.15, 0.2) is 23.6 Å². The zero-order valence-corrected chi connectivity index (χ0v) is 13.5. The van der Waals surface area contributed by atoms with Gasteiger partial charge in [-0.05, 0) is 62.4 Å². The first-order valence-corrected chi connectivity index (χ1v) is 7.75. The largest absolute Gasteiger partial charge is 0.312 e. The molecule has 2 aromatic rings. The van der Waals surface area contributed by atoms with Crippen LogP contribution in [0.5, 0.6) is 0 Å². The van der Waals surface area contributed by atoms with Crippen molar-refractivity contribution in [2.45, 2.75) is 33.2 Å². The van der Waals surface area contributed by atoms with Gasteiger partial charge in [0.15, 0.2) is 0 Å². The Kier molecular flexibility index (Phi) is 4.67. The van der Waals surface area contributed by atoms with Gasteiger partial charge in [-0.1, -0.05) is 29.3 Å². The van der Waals surface area contributed by atoms with Gasteiger partial charge in [0.1, 0.15) is 0 Å². The number of halogens is 1. The molecular formula is C16H20ClNS. The van der Waals surface area contributed by atoms with Gasteiger partial charge in [0.25, 0.3) is 0 Å². The molecule has 0 spiro atoms. The number of hydrogen-bond donors (Lipinski definition) is 1. The first kappa shape index (κ1) is 14.6. The van der Waals surface area contributed by atoms with Crippen LogP contribution < -0.4 is 5.32 Å². The third kappa shape index (κ3) is 3.19. The Balaban J connectivity index is 2.32. The average molecular weight is 294 g/mol. The fourth-order valence-corrected chi connectivity index (χ4v) is 3.92. The van der Waals surface area contributed by atoms with Gasteiger partial charge in [-0.25, -0.2) is 0 Å². The summed E-state index contributed by atoms with van der Waals surface area (Å²) >= 11 is 7.98. The van der Waals surface area contributed by atoms with Gasteiger partial charge < -0.3 is 5.32 Å². The van der Waals surface area contributed by atoms with Crippen LogP contribution >= 0.6 is 22.9 Å². The minimum absolute atomic E-state index is 0.285. The summed E-state index contributed by atoms with van der Waals surface area (Å²) in [5.74, 6) is 0. The highest BCUT2D eigenvalue weighted by atomic mass is 35.5. The van der Waals surface area contributed by atoms with Gasteiger partial charge in [-0.15, -0.1) is 11.3 Å². The molecule has 1 heterocycles. The molecule has 1 N–H and O–H groups in total. The monoisotopic (exact) mass is 293 g/mol. The van der Waals surface area contributed by atoms with Crippen molar-refractivity contribution in [1.82, 2.24) is 5.32 Å². The maximum absolute atomic E-state index is 6.25. The van der Waals surface area contributed by atoms with E-state index in [-0.39, 0.29) is 6.04 Å². The minimum Gasteiger partial charge on any atom is -0.312 e. The summed E-state index contributed by atoms with van der Waals surface area (Å²) in [6, 6.07) is 6.77. The van der Waals surface area contributed by atoms with Gasteiger partial charge in [0.05, 0.1) is 5.02 Å². The standard InChI is InChI=1S/C16H20ClNS/c1-10-7-11(2)13(12(3)8-10)9-15(18-4)16-14(17)5-6-19-16/h5-8,15,18H,9H2,1-4H3. The second kappa shape index (κ2) is 6.08. The molecule has 0 saturated carbocycles. The van der Waals surface area contributed by atoms with E-state index < -0.39 is 0 Å². The van der Waals surface area contributed by atoms with E-state index in [1.54, 1.807) is 11.3 Å². The molecule has 1 aromatic heterocycles. The predicted molar refractivity (Wildman–Crippen MR) is 85.5 cm³/mol. The highest BCUT2D eigenvalue weighted by Gasteiger charge is 2.17. The van der Waals surface area contributed by atoms with Crippen molar-refractivity contribution < 1.29 is 0 Å². The zero-order valence-electron chi connectivity index (χ0n) is 11.9. The molecule has 0 bridgehead atoms. The van der Waals surface area contributed by atoms with Crippen molar-refractivity contribution in [3.05, 3.63) is 55.7 Å². The lowest BCUT2D eigenvalue weighted by molar-refractivity contribution is 0.599. The van der Waals surface area contributed by atoms with E-state index in [1.165, 1.54) is 27.1 Å². The molecule has 0 aliphatic rings. The van der Waals surface area contributed by atoms with E-state index in [0.717, 1.165) is 11.4 Å². The van der Waals surface area contributed by atoms with Crippen molar-refractivity contribution in [1.29, 1.82) is 0 Å². The van der Waals surface area contributed by atoms with E-state index in [2.05, 4.69) is 43.6 Å². The quantitative estimate of drug-likeness (QED) is 0.851. The molecule has 0 radical (unpaired) electrons. The Labute approximate surface area is 124 Å². The van der Waals surface area contributed by atoms with Crippen LogP contribution in [0.25, 0.3) is 0 Å². The lowest BCUT2D eigenvalue weighted by Gasteiger charge is -2.19. The molecule has 102 valence electrons. The highest BCUT2D eigenvalue weighted by molar-refractivity contribution is 7.10. The molecule has 0 aliphatic carbocycles. The van der Waals surface area contributed by atoms with Crippen molar-refractivity contribution in [2.24, 2.45) is 0 Å². The van der Waals surface area contributed by atoms with Crippen LogP contribution in [0.2, 0.25) is 5.02 Å². The summed E-state index contributed by atoms with van der Waals surface area (Å²) in [5, 5.41) is 6.31. The molecule has 1 aromatic carbocycles. The molecule has 0 saturated heterocycles. The maximum atomic E-state index is 6.25. The highest BCUT2D eigenvalue weighted by Crippen LogP contribution is 2.32. The fraction of sp³-hybridized carbons (Fsp3) is 0.375. The van der Waals surface area contributed by atoms with Crippen molar-refractivity contribution in [2.75, 3.05) is 7.05 Å². The van der Waals surface area contributed by atoms with Gasteiger partial charge >= 0.3 is 0 Å². The van der Waals surface area contributed by atoms with E-state index in [4.69, 9.17) is 11.6 Å². The summed E-state index contributed by atoms with van der Waals surface area (Å²) in [7, 11) is 2.00. The van der Waals surface area contributed by atoms with Crippen LogP contribution in [0.4, 0.5) is 0 Å². The van der Waals surface area contributed by atoms with Crippen molar-refractivity contribution in [3.8, 4) is 0 Å². The summed E-state index contributed by atoms with van der Waals surface area (Å²) < 4.78 is 0. The molecule has 1 nitrogen and oxygen atoms in total. The summed E-state index contributed by atoms with van der Waals surface area (Å²) in [4.78, 5) is 1.23. The topological polar surface area (TPSA) is 12.0 Å². The molecule has 0 amide bonds. The molecule has 19 heavy (non-hydrogen) atoms. The van der Waals surface area contributed by atoms with Crippen LogP contribution in [0.1, 0.15) is 33.2 Å². The fourth-order valence-electron chi connectivity index (χ4n) is 2.62. The number of nitrogens with one attached hydrogen (secondary N) is 1. The Morgan fingerprint density at radius 3 is 2.32 bits per heavy atom. The summed E-state index contributed by atoms with van der Waals surface area (Å²) in [6.07, 6.45) is 0.981. The lowest BCUT2D eigenvalue weighted by atomic mass is 9.94. The molecule has 1 atom stereocenters. The lowest BCUT2D eigenvalue weighted by Crippen LogP contribution is -2.19. The van der Waals surface area contributed by atoms with Crippen LogP contribution in [0.3, 0.4) is 0 Å². The normalized spacial score (nSPS) is 12.7. The predicted octanol–water partition coefficient (Wildman–Crippen LogP) is 4.83. The molecule has 0 aliphatic heterocycles. The SMILES string of the molecule is CNC(Cc1c(C)cc(C)cc1C)c1sccc1Cl. The van der Waals surface area contributed by atoms with Crippen LogP contribution in [-0.2, 0) is 6.42 Å². The van der Waals surface area contributed by atoms with E-state index in [0.29, 0.717) is 0 Å². The number of benzene rings is 1. The van der Waals surface area contributed by atoms with Crippen LogP contribution in [-0.4, -0.2) is 7.05 Å². The number of rotatable bonds is 4. The number of hydrogen-bond acceptors (Lipinski definition) is 2. The first-order chi connectivity index (χ1) is 9.02. The Hall–Kier alpha value is -0.830. The number of aryl methyl sites for hydroxylation is 3. The van der Waals surface area contributed by atoms with E-state index >= 15 is 0 Å². The number of thiophene rings is 1.